The molecule has 0 aliphatic rings. The van der Waals surface area contributed by atoms with Crippen LogP contribution >= 0.6 is 49.8 Å². The molecular weight excluding hydrogens is 353 g/mol. The molecule has 0 heterocycles. The van der Waals surface area contributed by atoms with Gasteiger partial charge < -0.3 is 0 Å². The van der Waals surface area contributed by atoms with Crippen LogP contribution in [0.2, 0.25) is 0 Å². The summed E-state index contributed by atoms with van der Waals surface area (Å²) in [6, 6.07) is 0. The molecule has 0 amide bonds. The van der Waals surface area contributed by atoms with Crippen LogP contribution in [0.3, 0.4) is 0 Å². The molecule has 0 saturated heterocycles. The molecule has 0 aliphatic carbocycles. The van der Waals surface area contributed by atoms with E-state index in [4.69, 9.17) is 0 Å². The highest BCUT2D eigenvalue weighted by Crippen LogP contribution is 2.19. The first-order valence-electron chi connectivity index (χ1n) is 2.01. The van der Waals surface area contributed by atoms with Crippen molar-refractivity contribution in [1.82, 2.24) is 0 Å². The van der Waals surface area contributed by atoms with Gasteiger partial charge in [-0.3, -0.25) is 0 Å². The van der Waals surface area contributed by atoms with Gasteiger partial charge in [0.1, 0.15) is 0 Å². The minimum Gasteiger partial charge on any atom is -0.0647 e. The lowest BCUT2D eigenvalue weighted by atomic mass is 10.6. The first kappa shape index (κ1) is 9.11. The van der Waals surface area contributed by atoms with Crippen LogP contribution in [-0.2, 0) is 4.42 Å². The Morgan fingerprint density at radius 1 is 1.57 bits per heavy atom. The summed E-state index contributed by atoms with van der Waals surface area (Å²) < 4.78 is 0.597. The van der Waals surface area contributed by atoms with Gasteiger partial charge in [-0.25, -0.2) is 0 Å². The lowest BCUT2D eigenvalue weighted by Gasteiger charge is -1.81. The lowest BCUT2D eigenvalue weighted by Crippen LogP contribution is -1.60. The molecule has 0 aromatic rings. The molecule has 0 saturated carbocycles. The van der Waals surface area contributed by atoms with Gasteiger partial charge in [0.2, 0.25) is 0 Å². The van der Waals surface area contributed by atoms with Gasteiger partial charge in [-0.1, -0.05) is 14.3 Å². The van der Waals surface area contributed by atoms with Crippen LogP contribution in [0, 0.1) is 0 Å². The summed E-state index contributed by atoms with van der Waals surface area (Å²) in [5.41, 5.74) is 0. The molecule has 0 N–H and O–H groups in total. The second-order valence-electron chi connectivity index (χ2n) is 1.05. The van der Waals surface area contributed by atoms with Gasteiger partial charge in [0.05, 0.1) is 0 Å². The Hall–Kier alpha value is 2.11. The molecule has 0 aromatic heterocycles. The van der Waals surface area contributed by atoms with Crippen LogP contribution in [0.5, 0.6) is 0 Å². The molecule has 0 radical (unpaired) electrons. The first-order chi connectivity index (χ1) is 3.27. The van der Waals surface area contributed by atoms with Crippen LogP contribution < -0.4 is 0 Å². The highest BCUT2D eigenvalue weighted by Gasteiger charge is 1.76. The average Bonchev–Trinajstić information content (AvgIpc) is 1.61. The molecule has 0 rings (SSSR count). The van der Waals surface area contributed by atoms with Crippen molar-refractivity contribution in [3.63, 3.8) is 0 Å². The van der Waals surface area contributed by atoms with Crippen molar-refractivity contribution in [3.8, 4) is 0 Å². The summed E-state index contributed by atoms with van der Waals surface area (Å²) in [4.78, 5) is 0. The van der Waals surface area contributed by atoms with Gasteiger partial charge in [0, 0.05) is 42.4 Å². The van der Waals surface area contributed by atoms with Gasteiger partial charge in [-0.15, -0.1) is 0 Å². The van der Waals surface area contributed by atoms with E-state index in [1.807, 2.05) is 0 Å². The molecule has 0 unspecified atom stereocenters. The van der Waals surface area contributed by atoms with Crippen LogP contribution in [0.4, 0.5) is 0 Å². The summed E-state index contributed by atoms with van der Waals surface area (Å²) in [5, 5.41) is 0. The van der Waals surface area contributed by atoms with Gasteiger partial charge in [-0.05, 0) is 17.0 Å². The molecule has 4 heteroatoms. The summed E-state index contributed by atoms with van der Waals surface area (Å²) in [6.07, 6.45) is 2.70. The fraction of sp³-hybridized carbons (Fsp3) is 1.00. The van der Waals surface area contributed by atoms with Crippen LogP contribution in [-0.4, -0.2) is 6.16 Å². The van der Waals surface area contributed by atoms with Crippen molar-refractivity contribution in [2.24, 2.45) is 0 Å². The fourth-order valence-corrected chi connectivity index (χ4v) is 4.99. The number of hydrogen-bond acceptors (Lipinski definition) is 0. The van der Waals surface area contributed by atoms with E-state index in [2.05, 4.69) is 49.3 Å². The van der Waals surface area contributed by atoms with Crippen molar-refractivity contribution in [2.75, 3.05) is 6.16 Å². The zero-order chi connectivity index (χ0) is 5.70. The molecule has 0 nitrogen and oxygen atoms in total. The molecule has 7 heavy (non-hydrogen) atoms. The topological polar surface area (TPSA) is 0 Å². The molecule has 0 aromatic carbocycles. The molecular formula is C3H7I2PS. The largest absolute Gasteiger partial charge is 0.0647 e. The predicted molar refractivity (Wildman–Crippen MR) is 57.5 cm³/mol. The SMILES string of the molecule is CCCP=S(I)I. The van der Waals surface area contributed by atoms with Gasteiger partial charge in [0.25, 0.3) is 0 Å². The normalized spacial score (nSPS) is 10.9. The Labute approximate surface area is 72.8 Å². The van der Waals surface area contributed by atoms with Crippen molar-refractivity contribution in [3.05, 3.63) is 0 Å². The van der Waals surface area contributed by atoms with E-state index in [1.165, 1.54) is 12.6 Å². The van der Waals surface area contributed by atoms with Crippen LogP contribution in [0.25, 0.3) is 0 Å². The maximum atomic E-state index is 2.47. The molecule has 0 aliphatic heterocycles. The zero-order valence-electron chi connectivity index (χ0n) is 4.03. The summed E-state index contributed by atoms with van der Waals surface area (Å²) in [7, 11) is 1.61. The highest BCUT2D eigenvalue weighted by molar-refractivity contribution is 14.3. The second-order valence-corrected chi connectivity index (χ2v) is 18.5. The molecule has 44 valence electrons. The van der Waals surface area contributed by atoms with E-state index >= 15 is 0 Å². The maximum Gasteiger partial charge on any atom is 0.00465 e. The standard InChI is InChI=1S/C3H7I2PS/c1-2-3-6-7(4)5/h2-3H2,1H3. The first-order valence-corrected chi connectivity index (χ1v) is 10.0. The van der Waals surface area contributed by atoms with E-state index in [-0.39, 0.29) is 0 Å². The van der Waals surface area contributed by atoms with Gasteiger partial charge >= 0.3 is 0 Å². The maximum absolute atomic E-state index is 2.47. The van der Waals surface area contributed by atoms with Crippen molar-refractivity contribution in [2.45, 2.75) is 13.3 Å². The Morgan fingerprint density at radius 2 is 2.14 bits per heavy atom. The zero-order valence-corrected chi connectivity index (χ0v) is 10.1. The van der Waals surface area contributed by atoms with E-state index < -0.39 is 0 Å². The third-order valence-corrected chi connectivity index (χ3v) is 7.38. The Kier molecular flexibility index (Phi) is 8.11. The van der Waals surface area contributed by atoms with E-state index in [1.54, 1.807) is 7.36 Å². The smallest absolute Gasteiger partial charge is 0.00465 e. The number of rotatable bonds is 2. The number of halogens is 2. The van der Waals surface area contributed by atoms with Gasteiger partial charge in [-0.2, -0.15) is 0 Å². The van der Waals surface area contributed by atoms with Gasteiger partial charge in [0.15, 0.2) is 0 Å². The molecule has 0 fully saturated rings. The van der Waals surface area contributed by atoms with Crippen molar-refractivity contribution < 1.29 is 0 Å². The van der Waals surface area contributed by atoms with E-state index in [0.29, 0.717) is 4.42 Å². The van der Waals surface area contributed by atoms with Crippen LogP contribution in [0.1, 0.15) is 13.3 Å². The predicted octanol–water partition coefficient (Wildman–Crippen LogP) is 3.58. The average molecular weight is 360 g/mol. The fourth-order valence-electron chi connectivity index (χ4n) is 0.160. The molecule has 0 bridgehead atoms. The monoisotopic (exact) mass is 360 g/mol. The minimum absolute atomic E-state index is 0.597. The lowest BCUT2D eigenvalue weighted by molar-refractivity contribution is 1.11. The quantitative estimate of drug-likeness (QED) is 0.522. The number of hydrogen-bond donors (Lipinski definition) is 0. The third kappa shape index (κ3) is 8.11. The Balaban J connectivity index is 3.08. The van der Waals surface area contributed by atoms with Crippen molar-refractivity contribution >= 4 is 54.2 Å². The minimum atomic E-state index is 0.597. The Morgan fingerprint density at radius 3 is 2.29 bits per heavy atom. The molecule has 0 atom stereocenters. The summed E-state index contributed by atoms with van der Waals surface area (Å²) in [6.45, 7) is 2.23. The second kappa shape index (κ2) is 6.23. The highest BCUT2D eigenvalue weighted by atomic mass is 127. The third-order valence-electron chi connectivity index (χ3n) is 0.412. The summed E-state index contributed by atoms with van der Waals surface area (Å²) in [5.74, 6) is 0. The van der Waals surface area contributed by atoms with E-state index in [9.17, 15) is 0 Å². The molecule has 0 spiro atoms. The van der Waals surface area contributed by atoms with Crippen molar-refractivity contribution in [1.29, 1.82) is 0 Å². The summed E-state index contributed by atoms with van der Waals surface area (Å²) >= 11 is 4.94. The van der Waals surface area contributed by atoms with E-state index in [0.717, 1.165) is 0 Å². The van der Waals surface area contributed by atoms with Crippen LogP contribution in [0.15, 0.2) is 0 Å². The Bertz CT molecular complexity index is 69.3.